The fourth-order valence-corrected chi connectivity index (χ4v) is 6.27. The number of nitrogens with one attached hydrogen (secondary N) is 2. The Hall–Kier alpha value is -4.81. The van der Waals surface area contributed by atoms with Gasteiger partial charge in [0.2, 0.25) is 17.7 Å². The molecular formula is C36H40FN5O6. The molecule has 1 saturated heterocycles. The molecule has 2 fully saturated rings. The smallest absolute Gasteiger partial charge is 0.240 e. The Balaban J connectivity index is 1.13. The number of aryl methyl sites for hydroxylation is 1. The number of amides is 2. The molecule has 1 saturated carbocycles. The summed E-state index contributed by atoms with van der Waals surface area (Å²) in [5.74, 6) is -0.968. The molecule has 2 amide bonds. The second-order valence-electron chi connectivity index (χ2n) is 12.3. The van der Waals surface area contributed by atoms with E-state index in [4.69, 9.17) is 18.9 Å². The van der Waals surface area contributed by atoms with Crippen molar-refractivity contribution in [1.82, 2.24) is 14.9 Å². The number of fused-ring (bicyclic) bond motifs is 1. The van der Waals surface area contributed by atoms with Gasteiger partial charge >= 0.3 is 0 Å². The van der Waals surface area contributed by atoms with E-state index >= 15 is 4.39 Å². The Bertz CT molecular complexity index is 1790. The molecule has 2 N–H and O–H groups in total. The van der Waals surface area contributed by atoms with E-state index in [1.165, 1.54) is 25.6 Å². The lowest BCUT2D eigenvalue weighted by molar-refractivity contribution is -0.132. The summed E-state index contributed by atoms with van der Waals surface area (Å²) in [6, 6.07) is 14.9. The highest BCUT2D eigenvalue weighted by atomic mass is 19.1. The van der Waals surface area contributed by atoms with Crippen LogP contribution in [0.4, 0.5) is 15.8 Å². The molecule has 0 bridgehead atoms. The third-order valence-electron chi connectivity index (χ3n) is 9.40. The van der Waals surface area contributed by atoms with Crippen molar-refractivity contribution in [2.24, 2.45) is 17.3 Å². The summed E-state index contributed by atoms with van der Waals surface area (Å²) in [6.45, 7) is 10.4. The molecule has 0 radical (unpaired) electrons. The van der Waals surface area contributed by atoms with Crippen LogP contribution in [0.15, 0.2) is 60.9 Å². The third-order valence-corrected chi connectivity index (χ3v) is 9.40. The number of anilines is 2. The van der Waals surface area contributed by atoms with E-state index in [1.807, 2.05) is 32.9 Å². The minimum atomic E-state index is -1.28. The van der Waals surface area contributed by atoms with E-state index in [1.54, 1.807) is 24.3 Å². The number of nitrogens with zero attached hydrogens (tertiary/aromatic N) is 3. The lowest BCUT2D eigenvalue weighted by atomic mass is 9.99. The standard InChI is InChI=1S/C36H40FN5O6/c1-22-6-8-25(9-7-22)40-34(43)36(23(2)24(36)3)35(44)41-26-10-11-30(28(37)18-26)48-33-27-19-31(45-4)32(20-29(27)38-21-39-33)47-15-5-12-42-13-16-46-17-14-42/h6-11,18-21,23-24H,5,12-17H2,1-4H3,(H,40,43)(H,41,44)/t23-,24-/m1/s1. The number of aromatic nitrogens is 2. The van der Waals surface area contributed by atoms with Crippen LogP contribution < -0.4 is 24.8 Å². The van der Waals surface area contributed by atoms with Gasteiger partial charge in [-0.25, -0.2) is 14.4 Å². The first-order chi connectivity index (χ1) is 23.2. The lowest BCUT2D eigenvalue weighted by Crippen LogP contribution is -2.38. The number of halogens is 1. The Kier molecular flexibility index (Phi) is 9.74. The molecule has 252 valence electrons. The fourth-order valence-electron chi connectivity index (χ4n) is 6.27. The summed E-state index contributed by atoms with van der Waals surface area (Å²) >= 11 is 0. The predicted octanol–water partition coefficient (Wildman–Crippen LogP) is 5.83. The highest BCUT2D eigenvalue weighted by Gasteiger charge is 2.69. The molecule has 4 aromatic rings. The number of hydrogen-bond acceptors (Lipinski definition) is 9. The summed E-state index contributed by atoms with van der Waals surface area (Å²) in [5, 5.41) is 6.12. The molecular weight excluding hydrogens is 617 g/mol. The van der Waals surface area contributed by atoms with Crippen LogP contribution in [-0.4, -0.2) is 73.2 Å². The van der Waals surface area contributed by atoms with Gasteiger partial charge in [0.15, 0.2) is 23.1 Å². The van der Waals surface area contributed by atoms with Crippen LogP contribution in [0.5, 0.6) is 23.1 Å². The SMILES string of the molecule is COc1cc2c(Oc3ccc(NC(=O)C4(C(=O)Nc5ccc(C)cc5)[C@H](C)[C@H]4C)cc3F)ncnc2cc1OCCCN1CCOCC1. The maximum atomic E-state index is 15.4. The summed E-state index contributed by atoms with van der Waals surface area (Å²) < 4.78 is 38.3. The normalized spacial score (nSPS) is 20.6. The van der Waals surface area contributed by atoms with Crippen LogP contribution in [-0.2, 0) is 14.3 Å². The van der Waals surface area contributed by atoms with Crippen LogP contribution >= 0.6 is 0 Å². The number of ether oxygens (including phenoxy) is 4. The molecule has 12 heteroatoms. The molecule has 48 heavy (non-hydrogen) atoms. The van der Waals surface area contributed by atoms with Crippen molar-refractivity contribution in [1.29, 1.82) is 0 Å². The molecule has 2 atom stereocenters. The molecule has 0 unspecified atom stereocenters. The van der Waals surface area contributed by atoms with E-state index < -0.39 is 23.0 Å². The first-order valence-electron chi connectivity index (χ1n) is 16.1. The van der Waals surface area contributed by atoms with Crippen molar-refractivity contribution in [3.05, 3.63) is 72.3 Å². The van der Waals surface area contributed by atoms with E-state index in [0.717, 1.165) is 50.9 Å². The zero-order valence-electron chi connectivity index (χ0n) is 27.5. The quantitative estimate of drug-likeness (QED) is 0.143. The number of rotatable bonds is 12. The molecule has 1 aliphatic heterocycles. The minimum Gasteiger partial charge on any atom is -0.493 e. The van der Waals surface area contributed by atoms with Crippen LogP contribution in [0.1, 0.15) is 25.8 Å². The van der Waals surface area contributed by atoms with Crippen LogP contribution in [0.3, 0.4) is 0 Å². The van der Waals surface area contributed by atoms with E-state index in [0.29, 0.717) is 34.7 Å². The summed E-state index contributed by atoms with van der Waals surface area (Å²) in [7, 11) is 1.54. The van der Waals surface area contributed by atoms with Gasteiger partial charge in [-0.3, -0.25) is 14.5 Å². The number of carbonyl (C=O) groups is 2. The number of carbonyl (C=O) groups excluding carboxylic acids is 2. The van der Waals surface area contributed by atoms with Gasteiger partial charge in [-0.05, 0) is 55.5 Å². The molecule has 2 aliphatic rings. The molecule has 2 heterocycles. The first kappa shape index (κ1) is 33.1. The van der Waals surface area contributed by atoms with E-state index in [9.17, 15) is 9.59 Å². The van der Waals surface area contributed by atoms with Crippen LogP contribution in [0, 0.1) is 30.0 Å². The van der Waals surface area contributed by atoms with Gasteiger partial charge in [0, 0.05) is 43.1 Å². The zero-order chi connectivity index (χ0) is 33.8. The average Bonchev–Trinajstić information content (AvgIpc) is 3.65. The Morgan fingerprint density at radius 2 is 1.62 bits per heavy atom. The van der Waals surface area contributed by atoms with Crippen molar-refractivity contribution in [2.75, 3.05) is 57.2 Å². The number of methoxy groups -OCH3 is 1. The predicted molar refractivity (Wildman–Crippen MR) is 179 cm³/mol. The summed E-state index contributed by atoms with van der Waals surface area (Å²) in [5.41, 5.74) is 1.12. The highest BCUT2D eigenvalue weighted by Crippen LogP contribution is 2.59. The van der Waals surface area contributed by atoms with Gasteiger partial charge in [-0.2, -0.15) is 0 Å². The minimum absolute atomic E-state index is 0.101. The van der Waals surface area contributed by atoms with Gasteiger partial charge in [0.05, 0.1) is 37.8 Å². The monoisotopic (exact) mass is 657 g/mol. The lowest BCUT2D eigenvalue weighted by Gasteiger charge is -2.26. The number of benzene rings is 3. The summed E-state index contributed by atoms with van der Waals surface area (Å²) in [6.07, 6.45) is 2.17. The summed E-state index contributed by atoms with van der Waals surface area (Å²) in [4.78, 5) is 37.8. The number of morpholine rings is 1. The van der Waals surface area contributed by atoms with Crippen molar-refractivity contribution >= 4 is 34.1 Å². The van der Waals surface area contributed by atoms with Crippen LogP contribution in [0.25, 0.3) is 10.9 Å². The van der Waals surface area contributed by atoms with Gasteiger partial charge in [0.1, 0.15) is 11.7 Å². The van der Waals surface area contributed by atoms with E-state index in [2.05, 4.69) is 25.5 Å². The third kappa shape index (κ3) is 6.76. The molecule has 3 aromatic carbocycles. The Morgan fingerprint density at radius 3 is 2.29 bits per heavy atom. The maximum Gasteiger partial charge on any atom is 0.240 e. The average molecular weight is 658 g/mol. The molecule has 1 aliphatic carbocycles. The second-order valence-corrected chi connectivity index (χ2v) is 12.3. The van der Waals surface area contributed by atoms with Crippen LogP contribution in [0.2, 0.25) is 0 Å². The maximum absolute atomic E-state index is 15.4. The second kappa shape index (κ2) is 14.1. The first-order valence-corrected chi connectivity index (χ1v) is 16.1. The largest absolute Gasteiger partial charge is 0.493 e. The van der Waals surface area contributed by atoms with Crippen molar-refractivity contribution < 1.29 is 32.9 Å². The van der Waals surface area contributed by atoms with Gasteiger partial charge in [0.25, 0.3) is 0 Å². The molecule has 1 aromatic heterocycles. The fraction of sp³-hybridized carbons (Fsp3) is 0.389. The highest BCUT2D eigenvalue weighted by molar-refractivity contribution is 6.17. The van der Waals surface area contributed by atoms with E-state index in [-0.39, 0.29) is 29.2 Å². The zero-order valence-corrected chi connectivity index (χ0v) is 27.5. The van der Waals surface area contributed by atoms with Gasteiger partial charge in [-0.15, -0.1) is 0 Å². The van der Waals surface area contributed by atoms with Crippen molar-refractivity contribution in [2.45, 2.75) is 27.2 Å². The Morgan fingerprint density at radius 1 is 0.938 bits per heavy atom. The van der Waals surface area contributed by atoms with Crippen molar-refractivity contribution in [3.63, 3.8) is 0 Å². The van der Waals surface area contributed by atoms with Gasteiger partial charge in [-0.1, -0.05) is 31.5 Å². The molecule has 11 nitrogen and oxygen atoms in total. The molecule has 0 spiro atoms. The number of hydrogen-bond donors (Lipinski definition) is 2. The Labute approximate surface area is 278 Å². The topological polar surface area (TPSA) is 124 Å². The van der Waals surface area contributed by atoms with Crippen molar-refractivity contribution in [3.8, 4) is 23.1 Å². The molecule has 6 rings (SSSR count). The van der Waals surface area contributed by atoms with Gasteiger partial charge < -0.3 is 29.6 Å².